The first-order chi connectivity index (χ1) is 22.8. The normalized spacial score (nSPS) is 16.7. The summed E-state index contributed by atoms with van der Waals surface area (Å²) in [7, 11) is 0. The van der Waals surface area contributed by atoms with Crippen molar-refractivity contribution in [3.8, 4) is 11.5 Å². The highest BCUT2D eigenvalue weighted by molar-refractivity contribution is 6.23. The lowest BCUT2D eigenvalue weighted by atomic mass is 9.75. The van der Waals surface area contributed by atoms with Crippen LogP contribution in [0.15, 0.2) is 108 Å². The van der Waals surface area contributed by atoms with Crippen molar-refractivity contribution in [2.75, 3.05) is 0 Å². The molecule has 0 amide bonds. The lowest BCUT2D eigenvalue weighted by Gasteiger charge is -2.27. The van der Waals surface area contributed by atoms with Crippen molar-refractivity contribution in [3.05, 3.63) is 142 Å². The van der Waals surface area contributed by atoms with E-state index in [4.69, 9.17) is 9.47 Å². The fourth-order valence-electron chi connectivity index (χ4n) is 6.02. The third-order valence-corrected chi connectivity index (χ3v) is 8.55. The van der Waals surface area contributed by atoms with Gasteiger partial charge in [-0.15, -0.1) is 0 Å². The standard InChI is InChI=1S/C39H32N2O6/c1-4-9-37(43)47-26-15-17-36(41-21-26)24(3)32-19-34(28-11-6-8-13-30(28)39(32)45)33-18-31(38(44)29-12-7-5-10-27(29)33)23(2)35-16-14-25(20-40-35)46-22-42/h5-8,10-24H,4,9H2,1-3H3/b34-33+. The van der Waals surface area contributed by atoms with Crippen LogP contribution in [0.1, 0.15) is 88.7 Å². The molecule has 0 N–H and O–H groups in total. The number of carbonyl (C=O) groups excluding carboxylic acids is 4. The van der Waals surface area contributed by atoms with Gasteiger partial charge in [0.25, 0.3) is 6.47 Å². The molecule has 2 atom stereocenters. The van der Waals surface area contributed by atoms with Crippen molar-refractivity contribution < 1.29 is 28.7 Å². The van der Waals surface area contributed by atoms with Crippen molar-refractivity contribution in [2.24, 2.45) is 0 Å². The van der Waals surface area contributed by atoms with Crippen molar-refractivity contribution in [3.63, 3.8) is 0 Å². The van der Waals surface area contributed by atoms with Gasteiger partial charge in [-0.1, -0.05) is 69.3 Å². The van der Waals surface area contributed by atoms with E-state index in [0.717, 1.165) is 22.3 Å². The topological polar surface area (TPSA) is 113 Å². The molecule has 2 unspecified atom stereocenters. The molecule has 2 aliphatic carbocycles. The van der Waals surface area contributed by atoms with Gasteiger partial charge in [0.1, 0.15) is 11.5 Å². The number of aromatic nitrogens is 2. The Balaban J connectivity index is 1.47. The Morgan fingerprint density at radius 2 is 1.17 bits per heavy atom. The molecule has 47 heavy (non-hydrogen) atoms. The summed E-state index contributed by atoms with van der Waals surface area (Å²) in [6.07, 6.45) is 7.79. The second-order valence-corrected chi connectivity index (χ2v) is 11.5. The van der Waals surface area contributed by atoms with Gasteiger partial charge in [-0.3, -0.25) is 29.1 Å². The predicted octanol–water partition coefficient (Wildman–Crippen LogP) is 7.48. The van der Waals surface area contributed by atoms with Crippen LogP contribution < -0.4 is 9.47 Å². The molecule has 234 valence electrons. The largest absolute Gasteiger partial charge is 0.427 e. The highest BCUT2D eigenvalue weighted by Gasteiger charge is 2.33. The van der Waals surface area contributed by atoms with Crippen LogP contribution in [0.5, 0.6) is 11.5 Å². The molecule has 4 aromatic rings. The Hall–Kier alpha value is -5.76. The Labute approximate surface area is 272 Å². The number of hydrogen-bond acceptors (Lipinski definition) is 8. The SMILES string of the molecule is CCCC(=O)Oc1ccc(C(C)C2=C/C(=C3/C=C(C(C)c4ccc(OC=O)cn4)C(=O)c4ccccc43)c3ccccc3C2=O)nc1. The molecule has 8 heteroatoms. The summed E-state index contributed by atoms with van der Waals surface area (Å²) in [5, 5.41) is 0. The number of pyridine rings is 2. The summed E-state index contributed by atoms with van der Waals surface area (Å²) < 4.78 is 10.3. The third-order valence-electron chi connectivity index (χ3n) is 8.55. The van der Waals surface area contributed by atoms with Crippen LogP contribution in [0.4, 0.5) is 0 Å². The van der Waals surface area contributed by atoms with Gasteiger partial charge < -0.3 is 9.47 Å². The summed E-state index contributed by atoms with van der Waals surface area (Å²) in [6, 6.07) is 21.8. The number of rotatable bonds is 9. The number of allylic oxidation sites excluding steroid dienone is 6. The first-order valence-corrected chi connectivity index (χ1v) is 15.5. The molecule has 8 nitrogen and oxygen atoms in total. The number of esters is 1. The average molecular weight is 625 g/mol. The Morgan fingerprint density at radius 1 is 0.702 bits per heavy atom. The number of ketones is 2. The van der Waals surface area contributed by atoms with Gasteiger partial charge in [0.15, 0.2) is 11.6 Å². The van der Waals surface area contributed by atoms with Gasteiger partial charge in [-0.2, -0.15) is 0 Å². The number of ether oxygens (including phenoxy) is 2. The van der Waals surface area contributed by atoms with E-state index >= 15 is 0 Å². The number of benzene rings is 2. The summed E-state index contributed by atoms with van der Waals surface area (Å²) >= 11 is 0. The monoisotopic (exact) mass is 624 g/mol. The van der Waals surface area contributed by atoms with Crippen LogP contribution in [-0.2, 0) is 9.59 Å². The molecule has 0 saturated carbocycles. The first kappa shape index (κ1) is 31.2. The Kier molecular flexibility index (Phi) is 8.84. The van der Waals surface area contributed by atoms with E-state index < -0.39 is 0 Å². The second kappa shape index (κ2) is 13.3. The van der Waals surface area contributed by atoms with E-state index in [0.29, 0.717) is 64.5 Å². The molecule has 0 bridgehead atoms. The van der Waals surface area contributed by atoms with Crippen LogP contribution >= 0.6 is 0 Å². The molecule has 0 radical (unpaired) electrons. The first-order valence-electron chi connectivity index (χ1n) is 15.5. The maximum absolute atomic E-state index is 14.0. The van der Waals surface area contributed by atoms with Gasteiger partial charge >= 0.3 is 5.97 Å². The molecular weight excluding hydrogens is 592 g/mol. The van der Waals surface area contributed by atoms with E-state index in [9.17, 15) is 19.2 Å². The van der Waals surface area contributed by atoms with Gasteiger partial charge in [0.05, 0.1) is 12.4 Å². The number of nitrogens with zero attached hydrogens (tertiary/aromatic N) is 2. The van der Waals surface area contributed by atoms with Crippen molar-refractivity contribution in [1.29, 1.82) is 0 Å². The van der Waals surface area contributed by atoms with Crippen LogP contribution in [0.3, 0.4) is 0 Å². The second-order valence-electron chi connectivity index (χ2n) is 11.5. The van der Waals surface area contributed by atoms with Crippen LogP contribution in [0.2, 0.25) is 0 Å². The number of Topliss-reactive ketones (excluding diaryl/α,β-unsaturated/α-hetero) is 2. The van der Waals surface area contributed by atoms with Crippen LogP contribution in [0, 0.1) is 0 Å². The molecule has 6 rings (SSSR count). The van der Waals surface area contributed by atoms with Gasteiger partial charge in [0.2, 0.25) is 0 Å². The molecule has 0 aliphatic heterocycles. The molecule has 0 fully saturated rings. The number of fused-ring (bicyclic) bond motifs is 2. The fraction of sp³-hybridized carbons (Fsp3) is 0.179. The average Bonchev–Trinajstić information content (AvgIpc) is 3.09. The highest BCUT2D eigenvalue weighted by Crippen LogP contribution is 2.44. The summed E-state index contributed by atoms with van der Waals surface area (Å²) in [4.78, 5) is 59.6. The molecular formula is C39H32N2O6. The molecule has 2 aromatic carbocycles. The van der Waals surface area contributed by atoms with Crippen LogP contribution in [0.25, 0.3) is 11.1 Å². The van der Waals surface area contributed by atoms with E-state index in [1.807, 2.05) is 81.5 Å². The molecule has 0 saturated heterocycles. The van der Waals surface area contributed by atoms with E-state index in [2.05, 4.69) is 9.97 Å². The van der Waals surface area contributed by atoms with E-state index in [-0.39, 0.29) is 29.4 Å². The fourth-order valence-corrected chi connectivity index (χ4v) is 6.02. The maximum atomic E-state index is 14.0. The predicted molar refractivity (Wildman–Crippen MR) is 177 cm³/mol. The lowest BCUT2D eigenvalue weighted by Crippen LogP contribution is -2.20. The third kappa shape index (κ3) is 6.10. The van der Waals surface area contributed by atoms with Gasteiger partial charge in [0, 0.05) is 51.9 Å². The Bertz CT molecular complexity index is 1990. The lowest BCUT2D eigenvalue weighted by molar-refractivity contribution is -0.134. The zero-order valence-electron chi connectivity index (χ0n) is 26.2. The summed E-state index contributed by atoms with van der Waals surface area (Å²) in [5.74, 6) is -0.621. The smallest absolute Gasteiger partial charge is 0.311 e. The molecule has 2 aliphatic rings. The minimum Gasteiger partial charge on any atom is -0.427 e. The van der Waals surface area contributed by atoms with Crippen molar-refractivity contribution >= 4 is 35.2 Å². The van der Waals surface area contributed by atoms with Crippen molar-refractivity contribution in [1.82, 2.24) is 9.97 Å². The number of hydrogen-bond donors (Lipinski definition) is 0. The molecule has 2 heterocycles. The minimum absolute atomic E-state index is 0.0997. The quantitative estimate of drug-likeness (QED) is 0.139. The zero-order valence-corrected chi connectivity index (χ0v) is 26.2. The van der Waals surface area contributed by atoms with E-state index in [1.54, 1.807) is 24.3 Å². The van der Waals surface area contributed by atoms with E-state index in [1.165, 1.54) is 12.4 Å². The summed E-state index contributed by atoms with van der Waals surface area (Å²) in [5.41, 5.74) is 6.71. The highest BCUT2D eigenvalue weighted by atomic mass is 16.5. The zero-order chi connectivity index (χ0) is 33.1. The van der Waals surface area contributed by atoms with Crippen LogP contribution in [-0.4, -0.2) is 34.0 Å². The molecule has 2 aromatic heterocycles. The summed E-state index contributed by atoms with van der Waals surface area (Å²) in [6.45, 7) is 6.09. The minimum atomic E-state index is -0.383. The molecule has 0 spiro atoms. The maximum Gasteiger partial charge on any atom is 0.311 e. The van der Waals surface area contributed by atoms with Gasteiger partial charge in [-0.25, -0.2) is 0 Å². The van der Waals surface area contributed by atoms with Gasteiger partial charge in [-0.05, 0) is 65.1 Å². The Morgan fingerprint density at radius 3 is 1.60 bits per heavy atom. The van der Waals surface area contributed by atoms with Crippen molar-refractivity contribution in [2.45, 2.75) is 45.4 Å². The number of carbonyl (C=O) groups is 4.